The van der Waals surface area contributed by atoms with Gasteiger partial charge in [0.05, 0.1) is 12.4 Å². The molecular weight excluding hydrogens is 498 g/mol. The summed E-state index contributed by atoms with van der Waals surface area (Å²) in [7, 11) is 0. The first-order valence-electron chi connectivity index (χ1n) is 11.1. The fourth-order valence-corrected chi connectivity index (χ4v) is 4.63. The molecule has 5 rings (SSSR count). The van der Waals surface area contributed by atoms with E-state index in [-0.39, 0.29) is 17.9 Å². The maximum Gasteiger partial charge on any atom is 0.387 e. The number of fused-ring (bicyclic) bond motifs is 1. The number of alkyl halides is 2. The van der Waals surface area contributed by atoms with Crippen molar-refractivity contribution in [1.82, 2.24) is 19.5 Å². The monoisotopic (exact) mass is 522 g/mol. The summed E-state index contributed by atoms with van der Waals surface area (Å²) in [6, 6.07) is 4.89. The largest absolute Gasteiger partial charge is 0.435 e. The Morgan fingerprint density at radius 2 is 1.91 bits per heavy atom. The lowest BCUT2D eigenvalue weighted by Crippen LogP contribution is -2.29. The molecule has 0 atom stereocenters. The minimum atomic E-state index is -2.92. The molecule has 2 aliphatic carbocycles. The van der Waals surface area contributed by atoms with E-state index in [0.29, 0.717) is 33.4 Å². The maximum atomic E-state index is 12.7. The lowest BCUT2D eigenvalue weighted by atomic mass is 9.93. The van der Waals surface area contributed by atoms with Gasteiger partial charge in [0.1, 0.15) is 5.75 Å². The second-order valence-electron chi connectivity index (χ2n) is 8.74. The second kappa shape index (κ2) is 9.38. The van der Waals surface area contributed by atoms with Crippen LogP contribution in [0.1, 0.15) is 38.5 Å². The standard InChI is InChI=1S/C22H25BrF2N6O2/c23-13-7-15(9-17(8-13)33-21(24)25)27-19-18-20(31(11-26-18)10-12-1-2-12)30-22(29-19)28-14-3-5-16(32)6-4-14/h7-9,11-12,14,16,21,32H,1-6,10H2,(H2,27,28,29,30). The summed E-state index contributed by atoms with van der Waals surface area (Å²) in [5, 5.41) is 16.4. The first-order valence-corrected chi connectivity index (χ1v) is 11.9. The molecule has 3 aromatic rings. The fraction of sp³-hybridized carbons (Fsp3) is 0.500. The van der Waals surface area contributed by atoms with Crippen LogP contribution in [0.15, 0.2) is 29.0 Å². The number of aromatic nitrogens is 4. The van der Waals surface area contributed by atoms with Crippen molar-refractivity contribution in [3.63, 3.8) is 0 Å². The van der Waals surface area contributed by atoms with Gasteiger partial charge in [-0.3, -0.25) is 0 Å². The summed E-state index contributed by atoms with van der Waals surface area (Å²) in [6.07, 6.45) is 7.11. The van der Waals surface area contributed by atoms with Crippen molar-refractivity contribution < 1.29 is 18.6 Å². The molecule has 8 nitrogen and oxygen atoms in total. The zero-order valence-corrected chi connectivity index (χ0v) is 19.4. The molecule has 2 heterocycles. The predicted molar refractivity (Wildman–Crippen MR) is 124 cm³/mol. The number of nitrogens with zero attached hydrogens (tertiary/aromatic N) is 4. The van der Waals surface area contributed by atoms with Gasteiger partial charge in [-0.1, -0.05) is 15.9 Å². The van der Waals surface area contributed by atoms with Gasteiger partial charge in [0, 0.05) is 28.8 Å². The van der Waals surface area contributed by atoms with E-state index in [1.54, 1.807) is 12.4 Å². The van der Waals surface area contributed by atoms with Crippen LogP contribution in [0.4, 0.5) is 26.2 Å². The van der Waals surface area contributed by atoms with Crippen LogP contribution in [0.2, 0.25) is 0 Å². The molecule has 0 aliphatic heterocycles. The van der Waals surface area contributed by atoms with Gasteiger partial charge in [0.2, 0.25) is 5.95 Å². The number of aliphatic hydroxyl groups excluding tert-OH is 1. The number of aliphatic hydroxyl groups is 1. The molecule has 0 amide bonds. The third kappa shape index (κ3) is 5.52. The summed E-state index contributed by atoms with van der Waals surface area (Å²) < 4.78 is 32.6. The molecule has 0 bridgehead atoms. The molecule has 0 spiro atoms. The Morgan fingerprint density at radius 3 is 2.64 bits per heavy atom. The lowest BCUT2D eigenvalue weighted by molar-refractivity contribution is -0.0498. The lowest BCUT2D eigenvalue weighted by Gasteiger charge is -2.26. The zero-order valence-electron chi connectivity index (χ0n) is 17.8. The molecular formula is C22H25BrF2N6O2. The van der Waals surface area contributed by atoms with Gasteiger partial charge < -0.3 is 25.0 Å². The Hall–Kier alpha value is -2.53. The van der Waals surface area contributed by atoms with Gasteiger partial charge in [-0.05, 0) is 56.6 Å². The van der Waals surface area contributed by atoms with Gasteiger partial charge in [-0.2, -0.15) is 18.7 Å². The Labute approximate surface area is 197 Å². The Kier molecular flexibility index (Phi) is 6.33. The van der Waals surface area contributed by atoms with Crippen LogP contribution >= 0.6 is 15.9 Å². The summed E-state index contributed by atoms with van der Waals surface area (Å²) in [5.74, 6) is 1.63. The highest BCUT2D eigenvalue weighted by Crippen LogP contribution is 2.34. The number of hydrogen-bond donors (Lipinski definition) is 3. The van der Waals surface area contributed by atoms with Crippen molar-refractivity contribution in [3.05, 3.63) is 29.0 Å². The summed E-state index contributed by atoms with van der Waals surface area (Å²) in [6.45, 7) is -2.06. The van der Waals surface area contributed by atoms with Gasteiger partial charge >= 0.3 is 6.61 Å². The predicted octanol–water partition coefficient (Wildman–Crippen LogP) is 5.06. The van der Waals surface area contributed by atoms with E-state index in [2.05, 4.69) is 41.3 Å². The Balaban J connectivity index is 1.47. The quantitative estimate of drug-likeness (QED) is 0.380. The highest BCUT2D eigenvalue weighted by molar-refractivity contribution is 9.10. The van der Waals surface area contributed by atoms with Crippen LogP contribution in [0.25, 0.3) is 11.2 Å². The molecule has 3 N–H and O–H groups in total. The topological polar surface area (TPSA) is 97.1 Å². The van der Waals surface area contributed by atoms with Gasteiger partial charge in [0.15, 0.2) is 17.0 Å². The Bertz CT molecular complexity index is 1130. The van der Waals surface area contributed by atoms with Gasteiger partial charge in [-0.15, -0.1) is 0 Å². The zero-order chi connectivity index (χ0) is 22.9. The number of imidazole rings is 1. The van der Waals surface area contributed by atoms with E-state index < -0.39 is 6.61 Å². The third-order valence-corrected chi connectivity index (χ3v) is 6.46. The molecule has 2 saturated carbocycles. The van der Waals surface area contributed by atoms with Crippen molar-refractivity contribution in [2.45, 2.75) is 63.8 Å². The average molecular weight is 523 g/mol. The molecule has 2 aromatic heterocycles. The van der Waals surface area contributed by atoms with Crippen molar-refractivity contribution >= 4 is 44.5 Å². The van der Waals surface area contributed by atoms with E-state index in [9.17, 15) is 13.9 Å². The second-order valence-corrected chi connectivity index (χ2v) is 9.65. The van der Waals surface area contributed by atoms with Crippen LogP contribution in [-0.2, 0) is 6.54 Å². The van der Waals surface area contributed by atoms with Crippen LogP contribution in [0.5, 0.6) is 5.75 Å². The highest BCUT2D eigenvalue weighted by atomic mass is 79.9. The molecule has 0 radical (unpaired) electrons. The highest BCUT2D eigenvalue weighted by Gasteiger charge is 2.25. The van der Waals surface area contributed by atoms with Crippen molar-refractivity contribution in [1.29, 1.82) is 0 Å². The minimum Gasteiger partial charge on any atom is -0.435 e. The third-order valence-electron chi connectivity index (χ3n) is 6.00. The molecule has 2 fully saturated rings. The van der Waals surface area contributed by atoms with E-state index >= 15 is 0 Å². The first kappa shape index (κ1) is 22.3. The number of rotatable bonds is 8. The van der Waals surface area contributed by atoms with Gasteiger partial charge in [-0.25, -0.2) is 4.98 Å². The molecule has 1 aromatic carbocycles. The smallest absolute Gasteiger partial charge is 0.387 e. The Morgan fingerprint density at radius 1 is 1.12 bits per heavy atom. The van der Waals surface area contributed by atoms with Gasteiger partial charge in [0.25, 0.3) is 0 Å². The van der Waals surface area contributed by atoms with Crippen LogP contribution in [0.3, 0.4) is 0 Å². The average Bonchev–Trinajstić information content (AvgIpc) is 3.48. The normalized spacial score (nSPS) is 20.9. The van der Waals surface area contributed by atoms with E-state index in [4.69, 9.17) is 4.98 Å². The van der Waals surface area contributed by atoms with E-state index in [1.807, 2.05) is 4.57 Å². The molecule has 176 valence electrons. The number of benzene rings is 1. The molecule has 0 unspecified atom stereocenters. The van der Waals surface area contributed by atoms with Crippen LogP contribution < -0.4 is 15.4 Å². The molecule has 0 saturated heterocycles. The van der Waals surface area contributed by atoms with Crippen LogP contribution in [0, 0.1) is 5.92 Å². The van der Waals surface area contributed by atoms with Crippen molar-refractivity contribution in [2.24, 2.45) is 5.92 Å². The number of ether oxygens (including phenoxy) is 1. The fourth-order valence-electron chi connectivity index (χ4n) is 4.15. The SMILES string of the molecule is OC1CCC(Nc2nc(Nc3cc(Br)cc(OC(F)F)c3)c3ncn(CC4CC4)c3n2)CC1. The van der Waals surface area contributed by atoms with E-state index in [1.165, 1.54) is 25.0 Å². The number of halogens is 3. The number of hydrogen-bond acceptors (Lipinski definition) is 7. The minimum absolute atomic E-state index is 0.0329. The maximum absolute atomic E-state index is 12.7. The molecule has 2 aliphatic rings. The summed E-state index contributed by atoms with van der Waals surface area (Å²) >= 11 is 3.34. The number of nitrogens with one attached hydrogen (secondary N) is 2. The number of anilines is 3. The first-order chi connectivity index (χ1) is 15.9. The molecule has 33 heavy (non-hydrogen) atoms. The van der Waals surface area contributed by atoms with Crippen molar-refractivity contribution in [3.8, 4) is 5.75 Å². The van der Waals surface area contributed by atoms with Crippen molar-refractivity contribution in [2.75, 3.05) is 10.6 Å². The molecule has 11 heteroatoms. The summed E-state index contributed by atoms with van der Waals surface area (Å²) in [5.41, 5.74) is 1.86. The van der Waals surface area contributed by atoms with E-state index in [0.717, 1.165) is 37.9 Å². The van der Waals surface area contributed by atoms with Crippen LogP contribution in [-0.4, -0.2) is 43.4 Å². The summed E-state index contributed by atoms with van der Waals surface area (Å²) in [4.78, 5) is 13.9.